The van der Waals surface area contributed by atoms with Crippen LogP contribution in [0, 0.1) is 6.92 Å². The van der Waals surface area contributed by atoms with Gasteiger partial charge in [-0.05, 0) is 58.7 Å². The third-order valence-corrected chi connectivity index (χ3v) is 6.48. The van der Waals surface area contributed by atoms with E-state index >= 15 is 0 Å². The smallest absolute Gasteiger partial charge is 0.300 e. The van der Waals surface area contributed by atoms with Crippen LogP contribution in [-0.4, -0.2) is 30.7 Å². The van der Waals surface area contributed by atoms with Crippen molar-refractivity contribution in [3.63, 3.8) is 0 Å². The number of aliphatic hydroxyl groups excluding tert-OH is 1. The van der Waals surface area contributed by atoms with E-state index < -0.39 is 17.7 Å². The van der Waals surface area contributed by atoms with Crippen molar-refractivity contribution in [2.45, 2.75) is 13.0 Å². The van der Waals surface area contributed by atoms with E-state index in [1.165, 1.54) is 12.0 Å². The molecule has 5 rings (SSSR count). The van der Waals surface area contributed by atoms with E-state index in [1.807, 2.05) is 31.2 Å². The molecule has 0 saturated carbocycles. The second-order valence-electron chi connectivity index (χ2n) is 7.97. The Kier molecular flexibility index (Phi) is 5.53. The molecule has 1 N–H and O–H groups in total. The predicted molar refractivity (Wildman–Crippen MR) is 129 cm³/mol. The van der Waals surface area contributed by atoms with Crippen LogP contribution in [0.15, 0.2) is 70.7 Å². The van der Waals surface area contributed by atoms with Crippen LogP contribution >= 0.6 is 15.9 Å². The highest BCUT2D eigenvalue weighted by Crippen LogP contribution is 2.45. The molecule has 2 heterocycles. The molecule has 8 heteroatoms. The highest BCUT2D eigenvalue weighted by atomic mass is 79.9. The number of carbonyl (C=O) groups excluding carboxylic acids is 2. The van der Waals surface area contributed by atoms with Crippen molar-refractivity contribution in [2.24, 2.45) is 0 Å². The van der Waals surface area contributed by atoms with Gasteiger partial charge in [-0.1, -0.05) is 29.8 Å². The fourth-order valence-electron chi connectivity index (χ4n) is 4.26. The number of anilines is 1. The molecule has 172 valence electrons. The Hall–Kier alpha value is -3.78. The first-order chi connectivity index (χ1) is 16.4. The first-order valence-electron chi connectivity index (χ1n) is 10.5. The van der Waals surface area contributed by atoms with E-state index in [2.05, 4.69) is 15.9 Å². The van der Waals surface area contributed by atoms with Gasteiger partial charge in [0.15, 0.2) is 11.5 Å². The summed E-state index contributed by atoms with van der Waals surface area (Å²) in [6.45, 7) is 2.02. The lowest BCUT2D eigenvalue weighted by Gasteiger charge is -2.26. The van der Waals surface area contributed by atoms with Gasteiger partial charge in [-0.2, -0.15) is 0 Å². The molecule has 7 nitrogen and oxygen atoms in total. The van der Waals surface area contributed by atoms with Gasteiger partial charge in [0.1, 0.15) is 11.5 Å². The van der Waals surface area contributed by atoms with Crippen LogP contribution in [0.3, 0.4) is 0 Å². The Balaban J connectivity index is 1.71. The number of carbonyl (C=O) groups is 2. The van der Waals surface area contributed by atoms with Crippen molar-refractivity contribution in [1.29, 1.82) is 0 Å². The molecule has 34 heavy (non-hydrogen) atoms. The zero-order valence-electron chi connectivity index (χ0n) is 18.4. The van der Waals surface area contributed by atoms with Crippen molar-refractivity contribution >= 4 is 39.1 Å². The molecular formula is C26H20BrNO6. The van der Waals surface area contributed by atoms with Gasteiger partial charge in [0, 0.05) is 17.3 Å². The summed E-state index contributed by atoms with van der Waals surface area (Å²) in [4.78, 5) is 28.0. The van der Waals surface area contributed by atoms with Crippen LogP contribution in [0.4, 0.5) is 5.69 Å². The summed E-state index contributed by atoms with van der Waals surface area (Å²) in [6, 6.07) is 16.7. The van der Waals surface area contributed by atoms with Gasteiger partial charge in [-0.25, -0.2) is 0 Å². The lowest BCUT2D eigenvalue weighted by molar-refractivity contribution is -0.132. The first kappa shape index (κ1) is 22.0. The number of ether oxygens (including phenoxy) is 3. The molecule has 1 saturated heterocycles. The molecule has 0 bridgehead atoms. The number of aryl methyl sites for hydroxylation is 1. The summed E-state index contributed by atoms with van der Waals surface area (Å²) in [5.41, 5.74) is 2.51. The minimum atomic E-state index is -0.832. The van der Waals surface area contributed by atoms with Crippen molar-refractivity contribution in [3.8, 4) is 17.2 Å². The number of fused-ring (bicyclic) bond motifs is 1. The van der Waals surface area contributed by atoms with E-state index in [0.29, 0.717) is 38.5 Å². The van der Waals surface area contributed by atoms with Crippen LogP contribution in [0.5, 0.6) is 17.2 Å². The van der Waals surface area contributed by atoms with Crippen molar-refractivity contribution < 1.29 is 28.9 Å². The normalized spacial score (nSPS) is 18.4. The van der Waals surface area contributed by atoms with Gasteiger partial charge in [-0.3, -0.25) is 14.5 Å². The first-order valence-corrected chi connectivity index (χ1v) is 11.3. The van der Waals surface area contributed by atoms with E-state index in [4.69, 9.17) is 14.2 Å². The molecule has 3 aromatic carbocycles. The molecular weight excluding hydrogens is 502 g/mol. The summed E-state index contributed by atoms with van der Waals surface area (Å²) in [5.74, 6) is -0.144. The summed E-state index contributed by atoms with van der Waals surface area (Å²) in [6.07, 6.45) is 0. The topological polar surface area (TPSA) is 85.3 Å². The van der Waals surface area contributed by atoms with Crippen molar-refractivity contribution in [3.05, 3.63) is 87.4 Å². The fraction of sp³-hybridized carbons (Fsp3) is 0.154. The van der Waals surface area contributed by atoms with E-state index in [-0.39, 0.29) is 18.1 Å². The molecule has 3 aromatic rings. The van der Waals surface area contributed by atoms with Crippen molar-refractivity contribution in [1.82, 2.24) is 0 Å². The number of hydrogen-bond donors (Lipinski definition) is 1. The zero-order chi connectivity index (χ0) is 24.0. The van der Waals surface area contributed by atoms with Gasteiger partial charge in [-0.15, -0.1) is 0 Å². The number of benzene rings is 3. The molecule has 2 aliphatic rings. The third kappa shape index (κ3) is 3.60. The maximum Gasteiger partial charge on any atom is 0.300 e. The number of nitrogens with zero attached hydrogens (tertiary/aromatic N) is 1. The highest BCUT2D eigenvalue weighted by Gasteiger charge is 2.47. The maximum atomic E-state index is 13.3. The molecule has 0 spiro atoms. The van der Waals surface area contributed by atoms with E-state index in [0.717, 1.165) is 5.56 Å². The number of hydrogen-bond acceptors (Lipinski definition) is 6. The maximum absolute atomic E-state index is 13.3. The monoisotopic (exact) mass is 521 g/mol. The van der Waals surface area contributed by atoms with Crippen LogP contribution in [-0.2, 0) is 9.59 Å². The average Bonchev–Trinajstić information content (AvgIpc) is 3.40. The molecule has 0 radical (unpaired) electrons. The summed E-state index contributed by atoms with van der Waals surface area (Å²) >= 11 is 3.41. The highest BCUT2D eigenvalue weighted by molar-refractivity contribution is 9.10. The zero-order valence-corrected chi connectivity index (χ0v) is 20.0. The molecule has 1 amide bonds. The number of amides is 1. The molecule has 2 aliphatic heterocycles. The van der Waals surface area contributed by atoms with Crippen molar-refractivity contribution in [2.75, 3.05) is 18.8 Å². The van der Waals surface area contributed by atoms with Gasteiger partial charge in [0.25, 0.3) is 11.7 Å². The van der Waals surface area contributed by atoms with Crippen LogP contribution in [0.2, 0.25) is 0 Å². The average molecular weight is 522 g/mol. The largest absolute Gasteiger partial charge is 0.507 e. The van der Waals surface area contributed by atoms with Crippen LogP contribution in [0.1, 0.15) is 22.7 Å². The molecule has 1 fully saturated rings. The number of rotatable bonds is 4. The van der Waals surface area contributed by atoms with Gasteiger partial charge in [0.05, 0.1) is 23.2 Å². The Bertz CT molecular complexity index is 1370. The quantitative estimate of drug-likeness (QED) is 0.291. The fourth-order valence-corrected chi connectivity index (χ4v) is 4.80. The number of Topliss-reactive ketones (excluding diaryl/α,β-unsaturated/α-hetero) is 1. The van der Waals surface area contributed by atoms with E-state index in [9.17, 15) is 14.7 Å². The molecule has 0 aromatic heterocycles. The number of halogens is 1. The van der Waals surface area contributed by atoms with Gasteiger partial charge in [0.2, 0.25) is 6.79 Å². The van der Waals surface area contributed by atoms with Gasteiger partial charge < -0.3 is 19.3 Å². The Morgan fingerprint density at radius 1 is 1.06 bits per heavy atom. The van der Waals surface area contributed by atoms with Gasteiger partial charge >= 0.3 is 0 Å². The summed E-state index contributed by atoms with van der Waals surface area (Å²) < 4.78 is 16.7. The second kappa shape index (κ2) is 8.53. The van der Waals surface area contributed by atoms with E-state index in [1.54, 1.807) is 36.4 Å². The number of ketones is 1. The number of methoxy groups -OCH3 is 1. The third-order valence-electron chi connectivity index (χ3n) is 5.86. The second-order valence-corrected chi connectivity index (χ2v) is 8.82. The summed E-state index contributed by atoms with van der Waals surface area (Å²) in [5, 5.41) is 11.3. The Morgan fingerprint density at radius 2 is 1.85 bits per heavy atom. The molecule has 1 atom stereocenters. The molecule has 0 aliphatic carbocycles. The Morgan fingerprint density at radius 3 is 2.59 bits per heavy atom. The number of aliphatic hydroxyl groups is 1. The lowest BCUT2D eigenvalue weighted by atomic mass is 9.94. The SMILES string of the molecule is COc1ccc(/C(O)=C2\C(=O)C(=O)N(c3ccc4c(c3)OCO4)C2c2cccc(C)c2)cc1Br. The molecule has 1 unspecified atom stereocenters. The lowest BCUT2D eigenvalue weighted by Crippen LogP contribution is -2.29. The summed E-state index contributed by atoms with van der Waals surface area (Å²) in [7, 11) is 1.54. The van der Waals surface area contributed by atoms with Crippen LogP contribution < -0.4 is 19.1 Å². The standard InChI is InChI=1S/C26H20BrNO6/c1-14-4-3-5-15(10-14)23-22(24(29)16-6-8-19(32-2)18(27)11-16)25(30)26(31)28(23)17-7-9-20-21(12-17)34-13-33-20/h3-12,23,29H,13H2,1-2H3/b24-22+. The Labute approximate surface area is 204 Å². The van der Waals surface area contributed by atoms with Crippen LogP contribution in [0.25, 0.3) is 5.76 Å². The minimum absolute atomic E-state index is 0.00494. The minimum Gasteiger partial charge on any atom is -0.507 e. The predicted octanol–water partition coefficient (Wildman–Crippen LogP) is 5.12.